The molecule has 8 heteroatoms. The van der Waals surface area contributed by atoms with Crippen molar-refractivity contribution in [2.24, 2.45) is 16.7 Å². The molecular weight excluding hydrogens is 449 g/mol. The van der Waals surface area contributed by atoms with Gasteiger partial charge in [-0.25, -0.2) is 0 Å². The van der Waals surface area contributed by atoms with Crippen molar-refractivity contribution in [3.8, 4) is 0 Å². The quantitative estimate of drug-likeness (QED) is 0.367. The molecule has 0 rings (SSSR count). The van der Waals surface area contributed by atoms with E-state index < -0.39 is 51.4 Å². The van der Waals surface area contributed by atoms with Gasteiger partial charge in [0.05, 0.1) is 0 Å². The zero-order chi connectivity index (χ0) is 20.1. The summed E-state index contributed by atoms with van der Waals surface area (Å²) in [5.41, 5.74) is -1.13. The van der Waals surface area contributed by atoms with Gasteiger partial charge in [-0.3, -0.25) is 0 Å². The zero-order valence-electron chi connectivity index (χ0n) is 16.2. The molecule has 0 heterocycles. The summed E-state index contributed by atoms with van der Waals surface area (Å²) in [6.07, 6.45) is -1.60. The second kappa shape index (κ2) is 9.43. The first kappa shape index (κ1) is 24.5. The molecule has 0 fully saturated rings. The average molecular weight is 479 g/mol. The normalized spacial score (nSPS) is 16.4. The summed E-state index contributed by atoms with van der Waals surface area (Å²) >= 11 is -1.55. The summed E-state index contributed by atoms with van der Waals surface area (Å²) < 4.78 is 42.7. The van der Waals surface area contributed by atoms with Crippen molar-refractivity contribution in [3.63, 3.8) is 0 Å². The third-order valence-electron chi connectivity index (χ3n) is 4.10. The van der Waals surface area contributed by atoms with E-state index in [9.17, 15) is 18.4 Å². The van der Waals surface area contributed by atoms with Gasteiger partial charge in [0.25, 0.3) is 0 Å². The fourth-order valence-corrected chi connectivity index (χ4v) is 3.17. The molecule has 2 unspecified atom stereocenters. The number of alkyl halides is 2. The SMILES string of the molecule is CCC(OC(=O)C(C)(CC(C)(C)C)C(C)C)C(F)(F)C(=O)O[I-]OC. The number of hydrogen-bond donors (Lipinski definition) is 0. The second-order valence-electron chi connectivity index (χ2n) is 7.82. The number of esters is 1. The van der Waals surface area contributed by atoms with Crippen LogP contribution in [0.5, 0.6) is 0 Å². The van der Waals surface area contributed by atoms with Crippen LogP contribution in [0.25, 0.3) is 0 Å². The van der Waals surface area contributed by atoms with Gasteiger partial charge in [0, 0.05) is 0 Å². The third-order valence-corrected chi connectivity index (χ3v) is 5.04. The fraction of sp³-hybridized carbons (Fsp3) is 0.882. The van der Waals surface area contributed by atoms with Crippen LogP contribution in [0, 0.1) is 16.7 Å². The van der Waals surface area contributed by atoms with Crippen LogP contribution in [-0.2, 0) is 20.5 Å². The number of carbonyl (C=O) groups is 2. The molecule has 150 valence electrons. The van der Waals surface area contributed by atoms with Crippen molar-refractivity contribution in [2.45, 2.75) is 73.3 Å². The van der Waals surface area contributed by atoms with Gasteiger partial charge in [0.15, 0.2) is 0 Å². The fourth-order valence-electron chi connectivity index (χ4n) is 2.53. The number of ether oxygens (including phenoxy) is 1. The van der Waals surface area contributed by atoms with Gasteiger partial charge >= 0.3 is 160 Å². The summed E-state index contributed by atoms with van der Waals surface area (Å²) in [7, 11) is 1.26. The van der Waals surface area contributed by atoms with Crippen molar-refractivity contribution >= 4 is 11.9 Å². The summed E-state index contributed by atoms with van der Waals surface area (Å²) in [6.45, 7) is 12.8. The first-order valence-electron chi connectivity index (χ1n) is 8.20. The molecule has 0 aliphatic carbocycles. The molecule has 0 N–H and O–H groups in total. The van der Waals surface area contributed by atoms with Gasteiger partial charge < -0.3 is 0 Å². The van der Waals surface area contributed by atoms with E-state index in [0.29, 0.717) is 6.42 Å². The zero-order valence-corrected chi connectivity index (χ0v) is 18.4. The predicted octanol–water partition coefficient (Wildman–Crippen LogP) is 1.15. The Balaban J connectivity index is 5.39. The van der Waals surface area contributed by atoms with E-state index in [-0.39, 0.29) is 17.8 Å². The van der Waals surface area contributed by atoms with Gasteiger partial charge in [-0.15, -0.1) is 0 Å². The topological polar surface area (TPSA) is 61.8 Å². The molecule has 0 saturated heterocycles. The van der Waals surface area contributed by atoms with Crippen LogP contribution >= 0.6 is 0 Å². The Kier molecular flexibility index (Phi) is 9.24. The number of hydrogen-bond acceptors (Lipinski definition) is 5. The van der Waals surface area contributed by atoms with Gasteiger partial charge in [-0.1, -0.05) is 0 Å². The van der Waals surface area contributed by atoms with E-state index in [1.807, 2.05) is 34.6 Å². The first-order chi connectivity index (χ1) is 11.2. The van der Waals surface area contributed by atoms with Crippen LogP contribution in [0.4, 0.5) is 8.78 Å². The Labute approximate surface area is 160 Å². The van der Waals surface area contributed by atoms with Crippen molar-refractivity contribution in [3.05, 3.63) is 0 Å². The van der Waals surface area contributed by atoms with Gasteiger partial charge in [0.1, 0.15) is 0 Å². The molecule has 0 aliphatic heterocycles. The second-order valence-corrected chi connectivity index (χ2v) is 9.50. The van der Waals surface area contributed by atoms with E-state index in [1.165, 1.54) is 14.0 Å². The summed E-state index contributed by atoms with van der Waals surface area (Å²) in [6, 6.07) is 0. The molecular formula is C17H30F2IO5-. The van der Waals surface area contributed by atoms with E-state index in [1.54, 1.807) is 6.92 Å². The molecule has 0 spiro atoms. The van der Waals surface area contributed by atoms with Crippen LogP contribution in [0.2, 0.25) is 0 Å². The van der Waals surface area contributed by atoms with Crippen LogP contribution in [0.3, 0.4) is 0 Å². The Morgan fingerprint density at radius 1 is 1.08 bits per heavy atom. The Morgan fingerprint density at radius 2 is 1.60 bits per heavy atom. The van der Waals surface area contributed by atoms with Crippen LogP contribution in [0.1, 0.15) is 61.3 Å². The molecule has 0 amide bonds. The first-order valence-corrected chi connectivity index (χ1v) is 9.96. The van der Waals surface area contributed by atoms with Crippen molar-refractivity contribution in [1.29, 1.82) is 0 Å². The molecule has 0 bridgehead atoms. The van der Waals surface area contributed by atoms with Gasteiger partial charge in [-0.05, 0) is 0 Å². The van der Waals surface area contributed by atoms with Gasteiger partial charge in [-0.2, -0.15) is 0 Å². The molecule has 2 atom stereocenters. The Bertz CT molecular complexity index is 462. The number of halogens is 3. The molecule has 0 aromatic carbocycles. The minimum atomic E-state index is -3.91. The number of carbonyl (C=O) groups excluding carboxylic acids is 2. The number of rotatable bonds is 9. The van der Waals surface area contributed by atoms with Crippen molar-refractivity contribution in [1.82, 2.24) is 0 Å². The Hall–Kier alpha value is -0.510. The van der Waals surface area contributed by atoms with E-state index in [0.717, 1.165) is 0 Å². The van der Waals surface area contributed by atoms with Gasteiger partial charge in [0.2, 0.25) is 0 Å². The molecule has 0 aliphatic rings. The maximum absolute atomic E-state index is 14.3. The minimum absolute atomic E-state index is 0.114. The summed E-state index contributed by atoms with van der Waals surface area (Å²) in [5, 5.41) is 0. The monoisotopic (exact) mass is 479 g/mol. The van der Waals surface area contributed by atoms with Crippen molar-refractivity contribution < 1.29 is 51.3 Å². The van der Waals surface area contributed by atoms with E-state index in [2.05, 4.69) is 6.13 Å². The summed E-state index contributed by atoms with van der Waals surface area (Å²) in [5.74, 6) is -6.47. The molecule has 0 radical (unpaired) electrons. The van der Waals surface area contributed by atoms with Crippen LogP contribution in [-0.4, -0.2) is 31.1 Å². The summed E-state index contributed by atoms with van der Waals surface area (Å²) in [4.78, 5) is 24.3. The third kappa shape index (κ3) is 6.96. The standard InChI is InChI=1S/C17H30F2IO5/c1-9-12(17(18,19)14(22)25-20-23-8)24-13(21)16(7,11(2)3)10-15(4,5)6/h11-12H,9-10H2,1-8H3/q-1. The molecule has 0 saturated carbocycles. The van der Waals surface area contributed by atoms with Crippen LogP contribution < -0.4 is 22.0 Å². The van der Waals surface area contributed by atoms with E-state index >= 15 is 0 Å². The van der Waals surface area contributed by atoms with Crippen molar-refractivity contribution in [2.75, 3.05) is 7.11 Å². The molecule has 0 aromatic heterocycles. The molecule has 0 aromatic rings. The Morgan fingerprint density at radius 3 is 1.96 bits per heavy atom. The molecule has 5 nitrogen and oxygen atoms in total. The van der Waals surface area contributed by atoms with Crippen LogP contribution in [0.15, 0.2) is 0 Å². The average Bonchev–Trinajstić information content (AvgIpc) is 2.47. The molecule has 25 heavy (non-hydrogen) atoms. The predicted molar refractivity (Wildman–Crippen MR) is 85.2 cm³/mol. The van der Waals surface area contributed by atoms with E-state index in [4.69, 9.17) is 4.74 Å². The maximum atomic E-state index is 14.3.